The summed E-state index contributed by atoms with van der Waals surface area (Å²) in [5, 5.41) is 15.4. The van der Waals surface area contributed by atoms with Gasteiger partial charge >= 0.3 is 12.1 Å². The zero-order valence-corrected chi connectivity index (χ0v) is 14.6. The fourth-order valence-corrected chi connectivity index (χ4v) is 4.34. The fraction of sp³-hybridized carbons (Fsp3) is 0.600. The minimum absolute atomic E-state index is 0.0951. The van der Waals surface area contributed by atoms with Gasteiger partial charge in [0.05, 0.1) is 12.2 Å². The highest BCUT2D eigenvalue weighted by Gasteiger charge is 2.37. The Balaban J connectivity index is 1.44. The number of nitrogens with zero attached hydrogens (tertiary/aromatic N) is 4. The van der Waals surface area contributed by atoms with Gasteiger partial charge in [0.15, 0.2) is 11.0 Å². The first-order valence-electron chi connectivity index (χ1n) is 8.34. The number of carbonyl (C=O) groups is 1. The van der Waals surface area contributed by atoms with Crippen molar-refractivity contribution in [3.8, 4) is 0 Å². The Kier molecular flexibility index (Phi) is 4.25. The summed E-state index contributed by atoms with van der Waals surface area (Å²) in [6.45, 7) is 1.12. The van der Waals surface area contributed by atoms with Crippen molar-refractivity contribution in [2.75, 3.05) is 16.8 Å². The number of aromatic nitrogens is 3. The molecule has 2 aromatic rings. The van der Waals surface area contributed by atoms with Gasteiger partial charge in [-0.3, -0.25) is 5.32 Å². The third-order valence-electron chi connectivity index (χ3n) is 4.73. The number of rotatable bonds is 3. The highest BCUT2D eigenvalue weighted by molar-refractivity contribution is 7.15. The Labute approximate surface area is 151 Å². The van der Waals surface area contributed by atoms with Crippen LogP contribution in [0.25, 0.3) is 0 Å². The summed E-state index contributed by atoms with van der Waals surface area (Å²) >= 11 is 1.28. The van der Waals surface area contributed by atoms with E-state index in [-0.39, 0.29) is 18.8 Å². The number of fused-ring (bicyclic) bond motifs is 1. The number of nitrogens with one attached hydrogen (secondary N) is 1. The van der Waals surface area contributed by atoms with E-state index in [4.69, 9.17) is 9.63 Å². The monoisotopic (exact) mass is 385 g/mol. The molecule has 0 aromatic carbocycles. The Bertz CT molecular complexity index is 814. The Morgan fingerprint density at radius 1 is 1.35 bits per heavy atom. The van der Waals surface area contributed by atoms with Crippen molar-refractivity contribution >= 4 is 28.6 Å². The average Bonchev–Trinajstić information content (AvgIpc) is 3.19. The molecule has 0 radical (unpaired) electrons. The number of hydrogen-bond acceptors (Lipinski definition) is 7. The van der Waals surface area contributed by atoms with E-state index in [1.54, 1.807) is 0 Å². The number of amides is 1. The average molecular weight is 385 g/mol. The van der Waals surface area contributed by atoms with Gasteiger partial charge < -0.3 is 14.5 Å². The van der Waals surface area contributed by atoms with Crippen molar-refractivity contribution in [3.63, 3.8) is 0 Å². The molecule has 4 rings (SSSR count). The van der Waals surface area contributed by atoms with Crippen LogP contribution in [-0.2, 0) is 13.0 Å². The molecule has 8 nitrogen and oxygen atoms in total. The molecular formula is C15H17F2N5O3S. The number of alkyl halides is 2. The predicted molar refractivity (Wildman–Crippen MR) is 89.0 cm³/mol. The molecule has 0 spiro atoms. The normalized spacial score (nSPS) is 20.0. The topological polar surface area (TPSA) is 104 Å². The van der Waals surface area contributed by atoms with E-state index in [1.165, 1.54) is 11.3 Å². The third-order valence-corrected chi connectivity index (χ3v) is 5.73. The molecule has 3 heterocycles. The Hall–Kier alpha value is -2.30. The van der Waals surface area contributed by atoms with E-state index >= 15 is 0 Å². The molecule has 2 N–H and O–H groups in total. The molecule has 1 fully saturated rings. The van der Waals surface area contributed by atoms with Crippen LogP contribution in [0, 0.1) is 0 Å². The maximum absolute atomic E-state index is 13.3. The highest BCUT2D eigenvalue weighted by atomic mass is 32.1. The minimum atomic E-state index is -2.58. The van der Waals surface area contributed by atoms with Gasteiger partial charge in [-0.15, -0.1) is 0 Å². The zero-order valence-electron chi connectivity index (χ0n) is 13.7. The van der Waals surface area contributed by atoms with Gasteiger partial charge in [-0.1, -0.05) is 16.5 Å². The maximum Gasteiger partial charge on any atom is 0.410 e. The summed E-state index contributed by atoms with van der Waals surface area (Å²) < 4.78 is 31.9. The first-order valence-corrected chi connectivity index (χ1v) is 9.16. The number of hydrogen-bond donors (Lipinski definition) is 2. The summed E-state index contributed by atoms with van der Waals surface area (Å²) in [5.41, 5.74) is 0.865. The standard InChI is InChI=1S/C15H17F2N5O3S/c16-15(17)4-1-8(2-5-15)11-19-13(25-21-11)22-6-3-9-10(7-22)26-12(18-9)20-14(23)24/h8H,1-7H2,(H,18,20)(H,23,24). The molecule has 2 aliphatic rings. The highest BCUT2D eigenvalue weighted by Crippen LogP contribution is 2.40. The van der Waals surface area contributed by atoms with Gasteiger partial charge in [0.25, 0.3) is 0 Å². The second-order valence-corrected chi connectivity index (χ2v) is 7.64. The number of anilines is 2. The summed E-state index contributed by atoms with van der Waals surface area (Å²) in [6.07, 6.45) is -0.0818. The van der Waals surface area contributed by atoms with Crippen molar-refractivity contribution in [1.29, 1.82) is 0 Å². The smallest absolute Gasteiger partial charge is 0.410 e. The van der Waals surface area contributed by atoms with Crippen LogP contribution < -0.4 is 10.2 Å². The van der Waals surface area contributed by atoms with Crippen LogP contribution in [-0.4, -0.2) is 38.8 Å². The van der Waals surface area contributed by atoms with Crippen molar-refractivity contribution < 1.29 is 23.2 Å². The molecule has 1 aliphatic carbocycles. The van der Waals surface area contributed by atoms with Crippen LogP contribution in [0.2, 0.25) is 0 Å². The largest absolute Gasteiger partial charge is 0.465 e. The van der Waals surface area contributed by atoms with E-state index in [9.17, 15) is 13.6 Å². The van der Waals surface area contributed by atoms with Gasteiger partial charge in [0, 0.05) is 36.6 Å². The summed E-state index contributed by atoms with van der Waals surface area (Å²) in [5.74, 6) is -2.19. The van der Waals surface area contributed by atoms with Crippen molar-refractivity contribution in [1.82, 2.24) is 15.1 Å². The maximum atomic E-state index is 13.3. The summed E-state index contributed by atoms with van der Waals surface area (Å²) in [7, 11) is 0. The van der Waals surface area contributed by atoms with E-state index in [0.29, 0.717) is 49.3 Å². The van der Waals surface area contributed by atoms with Crippen LogP contribution in [0.15, 0.2) is 4.52 Å². The Morgan fingerprint density at radius 2 is 2.12 bits per heavy atom. The first-order chi connectivity index (χ1) is 12.4. The molecular weight excluding hydrogens is 368 g/mol. The summed E-state index contributed by atoms with van der Waals surface area (Å²) in [6, 6.07) is 0.365. The van der Waals surface area contributed by atoms with Gasteiger partial charge in [0.2, 0.25) is 5.92 Å². The molecule has 26 heavy (non-hydrogen) atoms. The van der Waals surface area contributed by atoms with Gasteiger partial charge in [-0.25, -0.2) is 18.6 Å². The number of thiazole rings is 1. The molecule has 0 atom stereocenters. The van der Waals surface area contributed by atoms with Gasteiger partial charge in [-0.2, -0.15) is 4.98 Å². The van der Waals surface area contributed by atoms with Crippen molar-refractivity contribution in [2.24, 2.45) is 0 Å². The third kappa shape index (κ3) is 3.48. The van der Waals surface area contributed by atoms with Crippen molar-refractivity contribution in [2.45, 2.75) is 50.5 Å². The number of carboxylic acid groups (broad SMARTS) is 1. The van der Waals surface area contributed by atoms with Crippen LogP contribution >= 0.6 is 11.3 Å². The summed E-state index contributed by atoms with van der Waals surface area (Å²) in [4.78, 5) is 22.3. The van der Waals surface area contributed by atoms with E-state index < -0.39 is 12.0 Å². The van der Waals surface area contributed by atoms with Crippen LogP contribution in [0.4, 0.5) is 24.7 Å². The second-order valence-electron chi connectivity index (χ2n) is 6.56. The second kappa shape index (κ2) is 6.45. The van der Waals surface area contributed by atoms with Gasteiger partial charge in [0.1, 0.15) is 0 Å². The molecule has 11 heteroatoms. The quantitative estimate of drug-likeness (QED) is 0.833. The lowest BCUT2D eigenvalue weighted by molar-refractivity contribution is -0.0389. The molecule has 1 amide bonds. The lowest BCUT2D eigenvalue weighted by Gasteiger charge is -2.26. The van der Waals surface area contributed by atoms with Crippen LogP contribution in [0.5, 0.6) is 0 Å². The lowest BCUT2D eigenvalue weighted by Crippen LogP contribution is -2.30. The molecule has 1 saturated carbocycles. The molecule has 0 bridgehead atoms. The first kappa shape index (κ1) is 17.1. The van der Waals surface area contributed by atoms with Crippen LogP contribution in [0.3, 0.4) is 0 Å². The minimum Gasteiger partial charge on any atom is -0.465 e. The lowest BCUT2D eigenvalue weighted by atomic mass is 9.86. The zero-order chi connectivity index (χ0) is 18.3. The molecule has 0 saturated heterocycles. The van der Waals surface area contributed by atoms with Crippen molar-refractivity contribution in [3.05, 3.63) is 16.4 Å². The van der Waals surface area contributed by atoms with E-state index in [2.05, 4.69) is 20.4 Å². The predicted octanol–water partition coefficient (Wildman–Crippen LogP) is 3.47. The Morgan fingerprint density at radius 3 is 2.85 bits per heavy atom. The van der Waals surface area contributed by atoms with Crippen LogP contribution in [0.1, 0.15) is 48.0 Å². The van der Waals surface area contributed by atoms with E-state index in [0.717, 1.165) is 10.6 Å². The SMILES string of the molecule is O=C(O)Nc1nc2c(s1)CN(c1nc(C3CCC(F)(F)CC3)no1)CC2. The fourth-order valence-electron chi connectivity index (χ4n) is 3.32. The van der Waals surface area contributed by atoms with Gasteiger partial charge in [-0.05, 0) is 12.8 Å². The molecule has 140 valence electrons. The molecule has 2 aromatic heterocycles. The molecule has 1 aliphatic heterocycles. The molecule has 0 unspecified atom stereocenters. The van der Waals surface area contributed by atoms with E-state index in [1.807, 2.05) is 4.90 Å². The number of halogens is 2.